The SMILES string of the molecule is COC(=O)c1cc(OC(=O)C(=O)C(=O)C(=O)C(=O)C(=O)C(=O)C(=O)C=O)cc(S(=O)O)c1. The minimum absolute atomic E-state index is 0.413. The molecule has 0 fully saturated rings. The Hall–Kier alpha value is -4.37. The van der Waals surface area contributed by atoms with Gasteiger partial charge in [-0.25, -0.2) is 13.8 Å². The van der Waals surface area contributed by atoms with Crippen molar-refractivity contribution < 1.29 is 66.2 Å². The van der Waals surface area contributed by atoms with Gasteiger partial charge in [0.2, 0.25) is 0 Å². The van der Waals surface area contributed by atoms with Crippen molar-refractivity contribution in [2.24, 2.45) is 0 Å². The molecule has 166 valence electrons. The monoisotopic (exact) mass is 468 g/mol. The number of ketones is 7. The largest absolute Gasteiger partial charge is 0.465 e. The number of hydrogen-bond acceptors (Lipinski definition) is 13. The zero-order valence-corrected chi connectivity index (χ0v) is 16.3. The second-order valence-electron chi connectivity index (χ2n) is 5.28. The first kappa shape index (κ1) is 25.7. The number of benzene rings is 1. The van der Waals surface area contributed by atoms with Crippen molar-refractivity contribution in [1.82, 2.24) is 0 Å². The van der Waals surface area contributed by atoms with Crippen LogP contribution in [0.1, 0.15) is 10.4 Å². The lowest BCUT2D eigenvalue weighted by Gasteiger charge is -2.07. The molecule has 1 unspecified atom stereocenters. The van der Waals surface area contributed by atoms with E-state index in [2.05, 4.69) is 9.47 Å². The molecule has 0 heterocycles. The zero-order valence-electron chi connectivity index (χ0n) is 15.5. The maximum absolute atomic E-state index is 11.8. The van der Waals surface area contributed by atoms with E-state index in [1.54, 1.807) is 0 Å². The van der Waals surface area contributed by atoms with Gasteiger partial charge >= 0.3 is 17.7 Å². The number of ether oxygens (including phenoxy) is 2. The van der Waals surface area contributed by atoms with E-state index in [-0.39, 0.29) is 0 Å². The number of Topliss-reactive ketones (excluding diaryl/α,β-unsaturated/α-hetero) is 7. The fraction of sp³-hybridized carbons (Fsp3) is 0.0588. The maximum atomic E-state index is 11.8. The summed E-state index contributed by atoms with van der Waals surface area (Å²) < 4.78 is 29.1. The molecule has 0 saturated carbocycles. The summed E-state index contributed by atoms with van der Waals surface area (Å²) in [4.78, 5) is 113. The highest BCUT2D eigenvalue weighted by molar-refractivity contribution is 7.79. The van der Waals surface area contributed by atoms with Gasteiger partial charge in [-0.05, 0) is 18.2 Å². The van der Waals surface area contributed by atoms with Gasteiger partial charge in [0.05, 0.1) is 17.6 Å². The van der Waals surface area contributed by atoms with E-state index in [1.165, 1.54) is 0 Å². The van der Waals surface area contributed by atoms with Crippen molar-refractivity contribution in [3.63, 3.8) is 0 Å². The summed E-state index contributed by atoms with van der Waals surface area (Å²) in [6.45, 7) is 0. The van der Waals surface area contributed by atoms with Gasteiger partial charge in [0.1, 0.15) is 5.75 Å². The number of carbonyl (C=O) groups excluding carboxylic acids is 10. The number of carbonyl (C=O) groups is 10. The molecule has 0 aliphatic carbocycles. The molecule has 0 spiro atoms. The van der Waals surface area contributed by atoms with E-state index in [0.29, 0.717) is 6.07 Å². The third-order valence-electron chi connectivity index (χ3n) is 3.26. The standard InChI is InChI=1S/C17H8O14S/c1-30-16(26)6-2-7(4-8(3-6)32(28)29)31-17(27)15(25)14(24)13(23)12(22)11(21)10(20)9(19)5-18/h2-5H,1H3,(H,28,29). The average molecular weight is 468 g/mol. The fourth-order valence-corrected chi connectivity index (χ4v) is 2.24. The van der Waals surface area contributed by atoms with Crippen LogP contribution < -0.4 is 4.74 Å². The Morgan fingerprint density at radius 1 is 0.812 bits per heavy atom. The van der Waals surface area contributed by atoms with Crippen LogP contribution in [0.15, 0.2) is 23.1 Å². The lowest BCUT2D eigenvalue weighted by molar-refractivity contribution is -0.157. The molecule has 0 aliphatic rings. The minimum Gasteiger partial charge on any atom is -0.465 e. The second-order valence-corrected chi connectivity index (χ2v) is 6.25. The number of esters is 2. The van der Waals surface area contributed by atoms with Crippen molar-refractivity contribution in [2.45, 2.75) is 4.90 Å². The van der Waals surface area contributed by atoms with Crippen LogP contribution in [0, 0.1) is 0 Å². The lowest BCUT2D eigenvalue weighted by Crippen LogP contribution is -2.42. The Balaban J connectivity index is 3.09. The van der Waals surface area contributed by atoms with Crippen LogP contribution in [0.3, 0.4) is 0 Å². The van der Waals surface area contributed by atoms with Gasteiger partial charge in [-0.2, -0.15) is 0 Å². The molecule has 0 aliphatic heterocycles. The number of methoxy groups -OCH3 is 1. The molecule has 1 rings (SSSR count). The topological polar surface area (TPSA) is 226 Å². The van der Waals surface area contributed by atoms with Crippen LogP contribution in [0.25, 0.3) is 0 Å². The molecule has 0 radical (unpaired) electrons. The predicted molar refractivity (Wildman–Crippen MR) is 93.6 cm³/mol. The van der Waals surface area contributed by atoms with Crippen molar-refractivity contribution in [2.75, 3.05) is 7.11 Å². The molecule has 0 aromatic heterocycles. The van der Waals surface area contributed by atoms with Crippen molar-refractivity contribution in [3.8, 4) is 5.75 Å². The van der Waals surface area contributed by atoms with Crippen LogP contribution >= 0.6 is 0 Å². The first-order valence-electron chi connectivity index (χ1n) is 7.67. The van der Waals surface area contributed by atoms with E-state index < -0.39 is 86.0 Å². The van der Waals surface area contributed by atoms with Crippen LogP contribution in [0.4, 0.5) is 0 Å². The lowest BCUT2D eigenvalue weighted by atomic mass is 10.0. The molecule has 0 bridgehead atoms. The van der Waals surface area contributed by atoms with Gasteiger partial charge in [0.25, 0.3) is 34.7 Å². The van der Waals surface area contributed by atoms with E-state index in [0.717, 1.165) is 19.2 Å². The van der Waals surface area contributed by atoms with Crippen LogP contribution in [-0.4, -0.2) is 74.6 Å². The number of aldehydes is 1. The molecular formula is C17H8O14S. The first-order valence-corrected chi connectivity index (χ1v) is 8.77. The molecule has 1 aromatic carbocycles. The van der Waals surface area contributed by atoms with Gasteiger partial charge in [-0.15, -0.1) is 0 Å². The summed E-state index contributed by atoms with van der Waals surface area (Å²) in [5.74, 6) is -20.2. The number of hydrogen-bond donors (Lipinski definition) is 1. The third kappa shape index (κ3) is 5.83. The summed E-state index contributed by atoms with van der Waals surface area (Å²) in [7, 11) is 0.954. The summed E-state index contributed by atoms with van der Waals surface area (Å²) in [6.07, 6.45) is -0.640. The average Bonchev–Trinajstić information content (AvgIpc) is 2.79. The number of rotatable bonds is 11. The van der Waals surface area contributed by atoms with Gasteiger partial charge < -0.3 is 14.0 Å². The predicted octanol–water partition coefficient (Wildman–Crippen LogP) is -2.86. The van der Waals surface area contributed by atoms with Gasteiger partial charge in [0, 0.05) is 0 Å². The Morgan fingerprint density at radius 2 is 1.31 bits per heavy atom. The molecule has 32 heavy (non-hydrogen) atoms. The Kier molecular flexibility index (Phi) is 8.50. The third-order valence-corrected chi connectivity index (χ3v) is 3.90. The van der Waals surface area contributed by atoms with Crippen molar-refractivity contribution in [1.29, 1.82) is 0 Å². The van der Waals surface area contributed by atoms with Crippen LogP contribution in [0.2, 0.25) is 0 Å². The molecule has 0 saturated heterocycles. The quantitative estimate of drug-likeness (QED) is 0.0860. The smallest absolute Gasteiger partial charge is 0.388 e. The molecule has 0 amide bonds. The van der Waals surface area contributed by atoms with Gasteiger partial charge in [-0.1, -0.05) is 0 Å². The zero-order chi connectivity index (χ0) is 24.7. The van der Waals surface area contributed by atoms with Gasteiger partial charge in [0.15, 0.2) is 17.4 Å². The highest BCUT2D eigenvalue weighted by atomic mass is 32.2. The molecule has 1 N–H and O–H groups in total. The second kappa shape index (κ2) is 10.6. The van der Waals surface area contributed by atoms with Crippen molar-refractivity contribution in [3.05, 3.63) is 23.8 Å². The van der Waals surface area contributed by atoms with E-state index in [4.69, 9.17) is 4.55 Å². The van der Waals surface area contributed by atoms with Crippen LogP contribution in [0.5, 0.6) is 5.75 Å². The van der Waals surface area contributed by atoms with E-state index >= 15 is 0 Å². The molecule has 1 aromatic rings. The Bertz CT molecular complexity index is 1140. The highest BCUT2D eigenvalue weighted by Gasteiger charge is 2.40. The molecule has 14 nitrogen and oxygen atoms in total. The van der Waals surface area contributed by atoms with Crippen LogP contribution in [-0.2, 0) is 59.0 Å². The fourth-order valence-electron chi connectivity index (χ4n) is 1.79. The molecular weight excluding hydrogens is 460 g/mol. The summed E-state index contributed by atoms with van der Waals surface area (Å²) in [5.41, 5.74) is -0.413. The minimum atomic E-state index is -2.70. The maximum Gasteiger partial charge on any atom is 0.388 e. The Morgan fingerprint density at radius 3 is 1.78 bits per heavy atom. The molecule has 1 atom stereocenters. The molecule has 15 heteroatoms. The summed E-state index contributed by atoms with van der Waals surface area (Å²) in [5, 5.41) is 0. The summed E-state index contributed by atoms with van der Waals surface area (Å²) >= 11 is -2.70. The van der Waals surface area contributed by atoms with E-state index in [1.807, 2.05) is 0 Å². The first-order chi connectivity index (χ1) is 14.8. The Labute approximate surface area is 178 Å². The van der Waals surface area contributed by atoms with Gasteiger partial charge in [-0.3, -0.25) is 38.4 Å². The summed E-state index contributed by atoms with van der Waals surface area (Å²) in [6, 6.07) is 2.34. The highest BCUT2D eigenvalue weighted by Crippen LogP contribution is 2.20. The normalized spacial score (nSPS) is 10.8. The van der Waals surface area contributed by atoms with E-state index in [9.17, 15) is 52.2 Å². The van der Waals surface area contributed by atoms with Crippen molar-refractivity contribution >= 4 is 69.8 Å².